The van der Waals surface area contributed by atoms with E-state index in [-0.39, 0.29) is 35.1 Å². The van der Waals surface area contributed by atoms with Crippen molar-refractivity contribution in [3.8, 4) is 5.75 Å². The van der Waals surface area contributed by atoms with Crippen LogP contribution < -0.4 is 10.1 Å². The van der Waals surface area contributed by atoms with Crippen LogP contribution in [0.3, 0.4) is 0 Å². The molecule has 0 saturated heterocycles. The molecule has 6 heteroatoms. The average molecular weight is 323 g/mol. The molecular weight excluding hydrogens is 304 g/mol. The lowest BCUT2D eigenvalue weighted by molar-refractivity contribution is -0.136. The number of para-hydroxylation sites is 2. The Morgan fingerprint density at radius 2 is 1.83 bits per heavy atom. The van der Waals surface area contributed by atoms with Gasteiger partial charge in [-0.3, -0.25) is 9.59 Å². The highest BCUT2D eigenvalue weighted by Gasteiger charge is 2.41. The maximum absolute atomic E-state index is 12.5. The number of nitrogens with one attached hydrogen (secondary N) is 1. The van der Waals surface area contributed by atoms with Crippen LogP contribution in [0.1, 0.15) is 32.1 Å². The maximum Gasteiger partial charge on any atom is 0.387 e. The van der Waals surface area contributed by atoms with Gasteiger partial charge in [0.05, 0.1) is 5.69 Å². The van der Waals surface area contributed by atoms with Gasteiger partial charge >= 0.3 is 6.61 Å². The van der Waals surface area contributed by atoms with Crippen LogP contribution in [0.15, 0.2) is 24.3 Å². The molecule has 2 atom stereocenters. The van der Waals surface area contributed by atoms with Crippen molar-refractivity contribution in [3.63, 3.8) is 0 Å². The minimum Gasteiger partial charge on any atom is -0.433 e. The summed E-state index contributed by atoms with van der Waals surface area (Å²) in [5, 5.41) is 2.68. The third-order valence-corrected chi connectivity index (χ3v) is 4.78. The SMILES string of the molecule is O=C(Nc1ccccc1OC(F)F)C1CC2CCCC(C1)C2=O. The summed E-state index contributed by atoms with van der Waals surface area (Å²) >= 11 is 0. The van der Waals surface area contributed by atoms with Crippen LogP contribution in [0.4, 0.5) is 14.5 Å². The van der Waals surface area contributed by atoms with Crippen LogP contribution in [0.2, 0.25) is 0 Å². The first-order valence-corrected chi connectivity index (χ1v) is 7.93. The van der Waals surface area contributed by atoms with Crippen molar-refractivity contribution in [3.05, 3.63) is 24.3 Å². The standard InChI is InChI=1S/C17H19F2NO3/c18-17(19)23-14-7-2-1-6-13(14)20-16(22)12-8-10-4-3-5-11(9-12)15(10)21/h1-2,6-7,10-12,17H,3-5,8-9H2,(H,20,22). The molecule has 0 spiro atoms. The molecule has 0 aromatic heterocycles. The Morgan fingerprint density at radius 3 is 2.48 bits per heavy atom. The van der Waals surface area contributed by atoms with E-state index >= 15 is 0 Å². The first-order valence-electron chi connectivity index (χ1n) is 7.93. The quantitative estimate of drug-likeness (QED) is 0.921. The van der Waals surface area contributed by atoms with Gasteiger partial charge in [-0.25, -0.2) is 0 Å². The summed E-state index contributed by atoms with van der Waals surface area (Å²) < 4.78 is 29.3. The number of fused-ring (bicyclic) bond motifs is 2. The molecule has 2 aliphatic carbocycles. The molecule has 1 N–H and O–H groups in total. The van der Waals surface area contributed by atoms with Crippen LogP contribution in [0.25, 0.3) is 0 Å². The lowest BCUT2D eigenvalue weighted by Crippen LogP contribution is -2.40. The van der Waals surface area contributed by atoms with E-state index in [2.05, 4.69) is 10.1 Å². The molecule has 1 aromatic carbocycles. The van der Waals surface area contributed by atoms with E-state index in [0.717, 1.165) is 19.3 Å². The minimum atomic E-state index is -2.94. The van der Waals surface area contributed by atoms with Gasteiger partial charge in [0.25, 0.3) is 0 Å². The summed E-state index contributed by atoms with van der Waals surface area (Å²) in [5.74, 6) is -0.274. The largest absolute Gasteiger partial charge is 0.433 e. The monoisotopic (exact) mass is 323 g/mol. The van der Waals surface area contributed by atoms with Gasteiger partial charge in [0.2, 0.25) is 5.91 Å². The molecule has 0 heterocycles. The van der Waals surface area contributed by atoms with Crippen molar-refractivity contribution >= 4 is 17.4 Å². The number of rotatable bonds is 4. The van der Waals surface area contributed by atoms with Gasteiger partial charge in [-0.15, -0.1) is 0 Å². The summed E-state index contributed by atoms with van der Waals surface area (Å²) in [6.45, 7) is -2.94. The number of carbonyl (C=O) groups is 2. The molecule has 124 valence electrons. The Labute approximate surface area is 133 Å². The molecular formula is C17H19F2NO3. The van der Waals surface area contributed by atoms with E-state index in [1.807, 2.05) is 0 Å². The van der Waals surface area contributed by atoms with Crippen molar-refractivity contribution in [2.24, 2.45) is 17.8 Å². The molecule has 2 unspecified atom stereocenters. The normalized spacial score (nSPS) is 26.9. The van der Waals surface area contributed by atoms with Crippen LogP contribution >= 0.6 is 0 Å². The third kappa shape index (κ3) is 3.51. The fourth-order valence-electron chi connectivity index (χ4n) is 3.70. The number of hydrogen-bond acceptors (Lipinski definition) is 3. The number of ketones is 1. The molecule has 2 fully saturated rings. The Kier molecular flexibility index (Phi) is 4.59. The van der Waals surface area contributed by atoms with Crippen LogP contribution in [0, 0.1) is 17.8 Å². The number of amides is 1. The predicted octanol–water partition coefficient (Wildman–Crippen LogP) is 3.62. The van der Waals surface area contributed by atoms with E-state index < -0.39 is 6.61 Å². The smallest absolute Gasteiger partial charge is 0.387 e. The summed E-state index contributed by atoms with van der Waals surface area (Å²) in [6.07, 6.45) is 3.85. The fraction of sp³-hybridized carbons (Fsp3) is 0.529. The van der Waals surface area contributed by atoms with Crippen molar-refractivity contribution < 1.29 is 23.1 Å². The third-order valence-electron chi connectivity index (χ3n) is 4.78. The van der Waals surface area contributed by atoms with Gasteiger partial charge in [0.15, 0.2) is 0 Å². The van der Waals surface area contributed by atoms with Crippen molar-refractivity contribution in [2.75, 3.05) is 5.32 Å². The topological polar surface area (TPSA) is 55.4 Å². The summed E-state index contributed by atoms with van der Waals surface area (Å²) in [7, 11) is 0. The number of carbonyl (C=O) groups excluding carboxylic acids is 2. The fourth-order valence-corrected chi connectivity index (χ4v) is 3.70. The molecule has 2 saturated carbocycles. The average Bonchev–Trinajstić information content (AvgIpc) is 2.48. The highest BCUT2D eigenvalue weighted by Crippen LogP contribution is 2.40. The minimum absolute atomic E-state index is 0.0224. The van der Waals surface area contributed by atoms with E-state index in [0.29, 0.717) is 18.6 Å². The Balaban J connectivity index is 1.69. The van der Waals surface area contributed by atoms with Gasteiger partial charge in [0.1, 0.15) is 11.5 Å². The second-order valence-electron chi connectivity index (χ2n) is 6.26. The Bertz CT molecular complexity index is 589. The second kappa shape index (κ2) is 6.64. The zero-order chi connectivity index (χ0) is 16.4. The van der Waals surface area contributed by atoms with E-state index in [1.165, 1.54) is 12.1 Å². The molecule has 3 rings (SSSR count). The number of benzene rings is 1. The molecule has 4 nitrogen and oxygen atoms in total. The lowest BCUT2D eigenvalue weighted by atomic mass is 9.67. The number of halogens is 2. The Morgan fingerprint density at radius 1 is 1.17 bits per heavy atom. The van der Waals surface area contributed by atoms with Crippen LogP contribution in [0.5, 0.6) is 5.75 Å². The number of hydrogen-bond donors (Lipinski definition) is 1. The summed E-state index contributed by atoms with van der Waals surface area (Å²) in [6, 6.07) is 6.13. The summed E-state index contributed by atoms with van der Waals surface area (Å²) in [4.78, 5) is 24.6. The Hall–Kier alpha value is -1.98. The van der Waals surface area contributed by atoms with Gasteiger partial charge in [-0.1, -0.05) is 18.6 Å². The van der Waals surface area contributed by atoms with Crippen molar-refractivity contribution in [2.45, 2.75) is 38.7 Å². The second-order valence-corrected chi connectivity index (χ2v) is 6.26. The number of anilines is 1. The molecule has 0 aliphatic heterocycles. The molecule has 1 aromatic rings. The zero-order valence-corrected chi connectivity index (χ0v) is 12.6. The highest BCUT2D eigenvalue weighted by atomic mass is 19.3. The molecule has 1 amide bonds. The predicted molar refractivity (Wildman–Crippen MR) is 80.3 cm³/mol. The van der Waals surface area contributed by atoms with Crippen molar-refractivity contribution in [1.29, 1.82) is 0 Å². The molecule has 2 aliphatic rings. The summed E-state index contributed by atoms with van der Waals surface area (Å²) in [5.41, 5.74) is 0.236. The highest BCUT2D eigenvalue weighted by molar-refractivity contribution is 5.96. The van der Waals surface area contributed by atoms with Crippen molar-refractivity contribution in [1.82, 2.24) is 0 Å². The lowest BCUT2D eigenvalue weighted by Gasteiger charge is -2.37. The number of alkyl halides is 2. The van der Waals surface area contributed by atoms with Crippen LogP contribution in [-0.2, 0) is 9.59 Å². The number of ether oxygens (including phenoxy) is 1. The van der Waals surface area contributed by atoms with Gasteiger partial charge in [-0.2, -0.15) is 8.78 Å². The van der Waals surface area contributed by atoms with Gasteiger partial charge in [-0.05, 0) is 37.8 Å². The van der Waals surface area contributed by atoms with Crippen LogP contribution in [-0.4, -0.2) is 18.3 Å². The first-order chi connectivity index (χ1) is 11.0. The maximum atomic E-state index is 12.5. The van der Waals surface area contributed by atoms with E-state index in [4.69, 9.17) is 0 Å². The zero-order valence-electron chi connectivity index (χ0n) is 12.6. The van der Waals surface area contributed by atoms with E-state index in [9.17, 15) is 18.4 Å². The van der Waals surface area contributed by atoms with Gasteiger partial charge < -0.3 is 10.1 Å². The van der Waals surface area contributed by atoms with Gasteiger partial charge in [0, 0.05) is 17.8 Å². The number of Topliss-reactive ketones (excluding diaryl/α,β-unsaturated/α-hetero) is 1. The van der Waals surface area contributed by atoms with E-state index in [1.54, 1.807) is 12.1 Å². The first kappa shape index (κ1) is 15.9. The molecule has 0 radical (unpaired) electrons. The molecule has 2 bridgehead atoms. The molecule has 23 heavy (non-hydrogen) atoms.